The van der Waals surface area contributed by atoms with E-state index in [9.17, 15) is 4.79 Å². The molecule has 0 bridgehead atoms. The maximum atomic E-state index is 12.0. The Bertz CT molecular complexity index is 461. The lowest BCUT2D eigenvalue weighted by atomic mass is 10.1. The predicted molar refractivity (Wildman–Crippen MR) is 78.4 cm³/mol. The van der Waals surface area contributed by atoms with Gasteiger partial charge in [-0.05, 0) is 34.1 Å². The quantitative estimate of drug-likeness (QED) is 0.727. The first-order valence-corrected chi connectivity index (χ1v) is 8.23. The molecular formula is C16H26O7. The highest BCUT2D eigenvalue weighted by Crippen LogP contribution is 2.42. The molecule has 0 aliphatic carbocycles. The van der Waals surface area contributed by atoms with Crippen LogP contribution in [-0.4, -0.2) is 54.9 Å². The van der Waals surface area contributed by atoms with Gasteiger partial charge in [-0.2, -0.15) is 0 Å². The molecule has 0 amide bonds. The summed E-state index contributed by atoms with van der Waals surface area (Å²) in [7, 11) is 0. The lowest BCUT2D eigenvalue weighted by Gasteiger charge is -2.28. The molecule has 0 aromatic carbocycles. The van der Waals surface area contributed by atoms with Gasteiger partial charge in [0.2, 0.25) is 0 Å². The van der Waals surface area contributed by atoms with Crippen LogP contribution >= 0.6 is 0 Å². The predicted octanol–water partition coefficient (Wildman–Crippen LogP) is 1.73. The number of carbonyl (C=O) groups is 1. The highest BCUT2D eigenvalue weighted by Gasteiger charge is 2.59. The normalized spacial score (nSPS) is 41.0. The van der Waals surface area contributed by atoms with E-state index in [1.807, 2.05) is 34.6 Å². The smallest absolute Gasteiger partial charge is 0.306 e. The SMILES string of the molecule is CCCC(=O)O[C@@H]1[C@H]2OC(C)(C)O[C@H]2O[C@@H]1[C@H]1COC(C)(C)O1. The zero-order chi connectivity index (χ0) is 16.8. The summed E-state index contributed by atoms with van der Waals surface area (Å²) in [6, 6.07) is 0. The molecule has 5 atom stereocenters. The van der Waals surface area contributed by atoms with Crippen LogP contribution in [0, 0.1) is 0 Å². The molecule has 7 heteroatoms. The van der Waals surface area contributed by atoms with E-state index < -0.39 is 36.2 Å². The average Bonchev–Trinajstić information content (AvgIpc) is 3.01. The van der Waals surface area contributed by atoms with Gasteiger partial charge in [0.05, 0.1) is 6.61 Å². The number of hydrogen-bond acceptors (Lipinski definition) is 7. The monoisotopic (exact) mass is 330 g/mol. The highest BCUT2D eigenvalue weighted by atomic mass is 16.8. The minimum atomic E-state index is -0.762. The summed E-state index contributed by atoms with van der Waals surface area (Å²) in [6.45, 7) is 9.62. The third-order valence-corrected chi connectivity index (χ3v) is 4.15. The Morgan fingerprint density at radius 3 is 2.43 bits per heavy atom. The fraction of sp³-hybridized carbons (Fsp3) is 0.938. The Balaban J connectivity index is 1.75. The zero-order valence-electron chi connectivity index (χ0n) is 14.4. The molecule has 0 aromatic rings. The van der Waals surface area contributed by atoms with Crippen LogP contribution in [0.5, 0.6) is 0 Å². The number of fused-ring (bicyclic) bond motifs is 1. The van der Waals surface area contributed by atoms with Gasteiger partial charge < -0.3 is 28.4 Å². The van der Waals surface area contributed by atoms with Crippen LogP contribution < -0.4 is 0 Å². The van der Waals surface area contributed by atoms with Gasteiger partial charge in [-0.25, -0.2) is 0 Å². The largest absolute Gasteiger partial charge is 0.456 e. The summed E-state index contributed by atoms with van der Waals surface area (Å²) in [5, 5.41) is 0. The molecule has 0 saturated carbocycles. The Morgan fingerprint density at radius 2 is 1.83 bits per heavy atom. The molecule has 3 heterocycles. The lowest BCUT2D eigenvalue weighted by Crippen LogP contribution is -2.45. The highest BCUT2D eigenvalue weighted by molar-refractivity contribution is 5.69. The van der Waals surface area contributed by atoms with Crippen molar-refractivity contribution in [1.29, 1.82) is 0 Å². The van der Waals surface area contributed by atoms with E-state index in [4.69, 9.17) is 28.4 Å². The van der Waals surface area contributed by atoms with Gasteiger partial charge in [-0.15, -0.1) is 0 Å². The number of carbonyl (C=O) groups excluding carboxylic acids is 1. The molecule has 0 spiro atoms. The van der Waals surface area contributed by atoms with Crippen molar-refractivity contribution in [2.24, 2.45) is 0 Å². The second kappa shape index (κ2) is 5.97. The second-order valence-corrected chi connectivity index (χ2v) is 7.14. The Morgan fingerprint density at radius 1 is 1.09 bits per heavy atom. The molecular weight excluding hydrogens is 304 g/mol. The summed E-state index contributed by atoms with van der Waals surface area (Å²) in [5.41, 5.74) is 0. The molecule has 0 N–H and O–H groups in total. The van der Waals surface area contributed by atoms with Gasteiger partial charge in [-0.3, -0.25) is 4.79 Å². The van der Waals surface area contributed by atoms with Gasteiger partial charge in [0.1, 0.15) is 12.2 Å². The number of hydrogen-bond donors (Lipinski definition) is 0. The van der Waals surface area contributed by atoms with Crippen LogP contribution in [0.2, 0.25) is 0 Å². The fourth-order valence-corrected chi connectivity index (χ4v) is 3.23. The summed E-state index contributed by atoms with van der Waals surface area (Å²) in [6.07, 6.45) is -1.30. The van der Waals surface area contributed by atoms with Crippen molar-refractivity contribution in [3.05, 3.63) is 0 Å². The first-order chi connectivity index (χ1) is 10.7. The molecule has 0 unspecified atom stereocenters. The molecule has 3 aliphatic heterocycles. The van der Waals surface area contributed by atoms with Gasteiger partial charge in [0.15, 0.2) is 30.1 Å². The molecule has 0 radical (unpaired) electrons. The third kappa shape index (κ3) is 3.53. The van der Waals surface area contributed by atoms with Crippen LogP contribution in [0.25, 0.3) is 0 Å². The molecule has 132 valence electrons. The first kappa shape index (κ1) is 17.1. The lowest BCUT2D eigenvalue weighted by molar-refractivity contribution is -0.235. The maximum Gasteiger partial charge on any atom is 0.306 e. The fourth-order valence-electron chi connectivity index (χ4n) is 3.23. The van der Waals surface area contributed by atoms with Crippen molar-refractivity contribution in [2.75, 3.05) is 6.61 Å². The van der Waals surface area contributed by atoms with Crippen molar-refractivity contribution in [3.63, 3.8) is 0 Å². The summed E-state index contributed by atoms with van der Waals surface area (Å²) >= 11 is 0. The van der Waals surface area contributed by atoms with E-state index in [0.717, 1.165) is 6.42 Å². The summed E-state index contributed by atoms with van der Waals surface area (Å²) < 4.78 is 34.7. The van der Waals surface area contributed by atoms with Gasteiger partial charge in [0.25, 0.3) is 0 Å². The van der Waals surface area contributed by atoms with E-state index in [1.165, 1.54) is 0 Å². The molecule has 3 rings (SSSR count). The zero-order valence-corrected chi connectivity index (χ0v) is 14.4. The summed E-state index contributed by atoms with van der Waals surface area (Å²) in [5.74, 6) is -1.70. The minimum Gasteiger partial charge on any atom is -0.456 e. The van der Waals surface area contributed by atoms with Crippen LogP contribution in [0.4, 0.5) is 0 Å². The molecule has 3 aliphatic rings. The van der Waals surface area contributed by atoms with Gasteiger partial charge in [-0.1, -0.05) is 6.92 Å². The molecule has 3 fully saturated rings. The molecule has 7 nitrogen and oxygen atoms in total. The van der Waals surface area contributed by atoms with Crippen molar-refractivity contribution in [3.8, 4) is 0 Å². The number of esters is 1. The Kier molecular flexibility index (Phi) is 4.44. The van der Waals surface area contributed by atoms with E-state index in [2.05, 4.69) is 0 Å². The van der Waals surface area contributed by atoms with Crippen LogP contribution in [-0.2, 0) is 33.2 Å². The van der Waals surface area contributed by atoms with E-state index in [1.54, 1.807) is 0 Å². The van der Waals surface area contributed by atoms with Crippen molar-refractivity contribution in [1.82, 2.24) is 0 Å². The Labute approximate surface area is 136 Å². The Hall–Kier alpha value is -0.730. The average molecular weight is 330 g/mol. The van der Waals surface area contributed by atoms with E-state index in [0.29, 0.717) is 13.0 Å². The van der Waals surface area contributed by atoms with Crippen molar-refractivity contribution >= 4 is 5.97 Å². The number of ether oxygens (including phenoxy) is 6. The standard InChI is InChI=1S/C16H26O7/c1-6-7-10(17)19-12-11(9-8-18-15(2,3)21-9)20-14-13(12)22-16(4,5)23-14/h9,11-14H,6-8H2,1-5H3/t9-,11-,12+,13-,14-/m1/s1. The third-order valence-electron chi connectivity index (χ3n) is 4.15. The second-order valence-electron chi connectivity index (χ2n) is 7.14. The van der Waals surface area contributed by atoms with E-state index >= 15 is 0 Å². The topological polar surface area (TPSA) is 72.5 Å². The molecule has 3 saturated heterocycles. The van der Waals surface area contributed by atoms with Crippen molar-refractivity contribution < 1.29 is 33.2 Å². The minimum absolute atomic E-state index is 0.266. The maximum absolute atomic E-state index is 12.0. The molecule has 23 heavy (non-hydrogen) atoms. The molecule has 0 aromatic heterocycles. The number of rotatable bonds is 4. The van der Waals surface area contributed by atoms with Crippen molar-refractivity contribution in [2.45, 2.75) is 89.7 Å². The van der Waals surface area contributed by atoms with Crippen LogP contribution in [0.3, 0.4) is 0 Å². The summed E-state index contributed by atoms with van der Waals surface area (Å²) in [4.78, 5) is 12.0. The van der Waals surface area contributed by atoms with Gasteiger partial charge in [0, 0.05) is 6.42 Å². The van der Waals surface area contributed by atoms with E-state index in [-0.39, 0.29) is 12.1 Å². The van der Waals surface area contributed by atoms with Gasteiger partial charge >= 0.3 is 5.97 Å². The first-order valence-electron chi connectivity index (χ1n) is 8.23. The van der Waals surface area contributed by atoms with Crippen LogP contribution in [0.15, 0.2) is 0 Å². The van der Waals surface area contributed by atoms with Crippen LogP contribution in [0.1, 0.15) is 47.5 Å².